The van der Waals surface area contributed by atoms with Crippen LogP contribution >= 0.6 is 0 Å². The van der Waals surface area contributed by atoms with Gasteiger partial charge in [-0.1, -0.05) is 47.0 Å². The Balaban J connectivity index is 1.59. The minimum absolute atomic E-state index is 0.0724. The number of Topliss-reactive ketones (excluding diaryl/α,β-unsaturated/α-hetero) is 1. The van der Waals surface area contributed by atoms with E-state index in [-0.39, 0.29) is 17.6 Å². The summed E-state index contributed by atoms with van der Waals surface area (Å²) in [4.78, 5) is 98.2. The Morgan fingerprint density at radius 1 is 0.968 bits per heavy atom. The molecule has 11 atom stereocenters. The molecule has 2 unspecified atom stereocenters. The van der Waals surface area contributed by atoms with Gasteiger partial charge in [-0.2, -0.15) is 0 Å². The van der Waals surface area contributed by atoms with E-state index in [1.807, 2.05) is 0 Å². The van der Waals surface area contributed by atoms with Crippen LogP contribution in [0.25, 0.3) is 0 Å². The van der Waals surface area contributed by atoms with Gasteiger partial charge >= 0.3 is 30.2 Å². The number of hydrogen-bond acceptors (Lipinski definition) is 18. The molecule has 19 heteroatoms. The number of aliphatic hydroxyl groups is 4. The number of fused-ring (bicyclic) bond motifs is 5. The molecule has 0 aromatic carbocycles. The standard InChI is InChI=1S/C44H63NO18/c1-21-26-28(59-22(2)47)31(50)42(10)24(48)17-25-43(20-58-25,63-37(55)57-11)29(42)32(60-33(51)23-15-13-12-14-16-23)44(56,39(26,5)6)18-41(21,9)61-34(52)27(49)30(38(3,4)19-46)45-35(53)40(7,8)62-36(45)54/h23-25,27-30,32,46,48-49,56H,12-20H2,1-11H3/t24?,25-,27-,28-,29?,30-,32+,41+,42-,43+,44-/m1/s1. The lowest BCUT2D eigenvalue weighted by atomic mass is 9.44. The Labute approximate surface area is 366 Å². The molecule has 3 saturated carbocycles. The fraction of sp³-hybridized carbons (Fsp3) is 0.795. The maximum Gasteiger partial charge on any atom is 0.508 e. The van der Waals surface area contributed by atoms with Gasteiger partial charge in [-0.05, 0) is 58.6 Å². The van der Waals surface area contributed by atoms with Crippen molar-refractivity contribution >= 4 is 41.8 Å². The lowest BCUT2D eigenvalue weighted by Gasteiger charge is -2.68. The third kappa shape index (κ3) is 7.33. The highest BCUT2D eigenvalue weighted by atomic mass is 16.8. The van der Waals surface area contributed by atoms with E-state index in [4.69, 9.17) is 33.2 Å². The third-order valence-corrected chi connectivity index (χ3v) is 15.3. The van der Waals surface area contributed by atoms with Gasteiger partial charge in [0.1, 0.15) is 23.4 Å². The van der Waals surface area contributed by atoms with Gasteiger partial charge in [0, 0.05) is 30.6 Å². The van der Waals surface area contributed by atoms with Crippen molar-refractivity contribution in [2.75, 3.05) is 20.3 Å². The highest BCUT2D eigenvalue weighted by Gasteiger charge is 2.79. The normalized spacial score (nSPS) is 37.2. The van der Waals surface area contributed by atoms with Crippen LogP contribution in [-0.4, -0.2) is 146 Å². The molecular weight excluding hydrogens is 830 g/mol. The molecule has 4 N–H and O–H groups in total. The molecule has 2 aliphatic heterocycles. The number of carbonyl (C=O) groups excluding carboxylic acids is 7. The van der Waals surface area contributed by atoms with Gasteiger partial charge in [-0.3, -0.25) is 19.2 Å². The Kier molecular flexibility index (Phi) is 12.3. The smallest absolute Gasteiger partial charge is 0.459 e. The van der Waals surface area contributed by atoms with Crippen molar-refractivity contribution in [1.82, 2.24) is 4.90 Å². The molecule has 0 aromatic rings. The first kappa shape index (κ1) is 48.3. The predicted molar refractivity (Wildman–Crippen MR) is 214 cm³/mol. The summed E-state index contributed by atoms with van der Waals surface area (Å²) >= 11 is 0. The van der Waals surface area contributed by atoms with Gasteiger partial charge in [0.25, 0.3) is 5.91 Å². The van der Waals surface area contributed by atoms with Gasteiger partial charge in [0.2, 0.25) is 0 Å². The largest absolute Gasteiger partial charge is 0.508 e. The van der Waals surface area contributed by atoms with Crippen LogP contribution in [0.2, 0.25) is 0 Å². The summed E-state index contributed by atoms with van der Waals surface area (Å²) in [5.74, 6) is -7.20. The van der Waals surface area contributed by atoms with E-state index in [9.17, 15) is 49.2 Å². The zero-order valence-electron chi connectivity index (χ0n) is 37.9. The third-order valence-electron chi connectivity index (χ3n) is 15.3. The van der Waals surface area contributed by atoms with Crippen molar-refractivity contribution in [3.05, 3.63) is 11.1 Å². The topological polar surface area (TPSA) is 268 Å². The zero-order chi connectivity index (χ0) is 47.2. The minimum Gasteiger partial charge on any atom is -0.459 e. The summed E-state index contributed by atoms with van der Waals surface area (Å²) < 4.78 is 40.7. The van der Waals surface area contributed by atoms with Crippen molar-refractivity contribution in [2.24, 2.45) is 28.1 Å². The second kappa shape index (κ2) is 16.1. The van der Waals surface area contributed by atoms with Gasteiger partial charge in [-0.25, -0.2) is 19.3 Å². The molecule has 63 heavy (non-hydrogen) atoms. The van der Waals surface area contributed by atoms with Crippen LogP contribution in [0.4, 0.5) is 9.59 Å². The van der Waals surface area contributed by atoms with Crippen LogP contribution in [0.5, 0.6) is 0 Å². The van der Waals surface area contributed by atoms with E-state index in [2.05, 4.69) is 0 Å². The number of esters is 3. The number of ether oxygens (including phenoxy) is 7. The molecule has 2 saturated heterocycles. The van der Waals surface area contributed by atoms with Gasteiger partial charge in [0.15, 0.2) is 29.2 Å². The Morgan fingerprint density at radius 2 is 1.59 bits per heavy atom. The zero-order valence-corrected chi connectivity index (χ0v) is 37.9. The molecule has 352 valence electrons. The number of methoxy groups -OCH3 is 1. The van der Waals surface area contributed by atoms with Crippen LogP contribution in [0.1, 0.15) is 114 Å². The van der Waals surface area contributed by atoms with E-state index < -0.39 is 149 Å². The van der Waals surface area contributed by atoms with E-state index in [1.165, 1.54) is 62.3 Å². The maximum atomic E-state index is 15.6. The Bertz CT molecular complexity index is 1970. The molecule has 2 amide bonds. The van der Waals surface area contributed by atoms with Crippen LogP contribution < -0.4 is 0 Å². The van der Waals surface area contributed by atoms with Crippen molar-refractivity contribution in [2.45, 2.75) is 173 Å². The Hall–Kier alpha value is -4.17. The average Bonchev–Trinajstić information content (AvgIpc) is 3.40. The molecule has 0 radical (unpaired) electrons. The summed E-state index contributed by atoms with van der Waals surface area (Å²) in [5, 5.41) is 48.4. The first-order chi connectivity index (χ1) is 29.0. The molecule has 2 heterocycles. The Morgan fingerprint density at radius 3 is 2.10 bits per heavy atom. The van der Waals surface area contributed by atoms with Crippen LogP contribution in [-0.2, 0) is 57.1 Å². The first-order valence-electron chi connectivity index (χ1n) is 21.5. The summed E-state index contributed by atoms with van der Waals surface area (Å²) in [6.07, 6.45) is -8.96. The molecule has 0 aromatic heterocycles. The number of rotatable bonds is 10. The first-order valence-corrected chi connectivity index (χ1v) is 21.5. The van der Waals surface area contributed by atoms with Crippen LogP contribution in [0, 0.1) is 28.1 Å². The van der Waals surface area contributed by atoms with E-state index >= 15 is 4.79 Å². The summed E-state index contributed by atoms with van der Waals surface area (Å²) in [5.41, 5.74) is -13.6. The average molecular weight is 894 g/mol. The fourth-order valence-electron chi connectivity index (χ4n) is 11.3. The van der Waals surface area contributed by atoms with E-state index in [0.717, 1.165) is 20.5 Å². The van der Waals surface area contributed by atoms with Crippen molar-refractivity contribution in [1.29, 1.82) is 0 Å². The number of hydrogen-bond donors (Lipinski definition) is 4. The lowest BCUT2D eigenvalue weighted by Crippen LogP contribution is -2.82. The molecular formula is C44H63NO18. The molecule has 5 fully saturated rings. The highest BCUT2D eigenvalue weighted by Crippen LogP contribution is 2.65. The van der Waals surface area contributed by atoms with Crippen molar-refractivity contribution in [3.8, 4) is 0 Å². The van der Waals surface area contributed by atoms with Crippen molar-refractivity contribution in [3.63, 3.8) is 0 Å². The van der Waals surface area contributed by atoms with E-state index in [0.29, 0.717) is 30.6 Å². The SMILES string of the molecule is COC(=O)O[C@@]12CO[C@@H]1CC(O)[C@@]1(C)C(=O)[C@H](OC(C)=O)C3=C(C)[C@@](C)(OC(=O)[C@H](O)[C@@H](N4C(=O)OC(C)(C)C4=O)C(C)(C)CO)C[C@@](O)([C@@H](OC(=O)C4CCCCC4)C12)C3(C)C. The van der Waals surface area contributed by atoms with E-state index in [1.54, 1.807) is 0 Å². The molecule has 0 spiro atoms. The summed E-state index contributed by atoms with van der Waals surface area (Å²) in [6, 6.07) is -1.77. The van der Waals surface area contributed by atoms with Gasteiger partial charge in [-0.15, -0.1) is 0 Å². The molecule has 2 bridgehead atoms. The minimum atomic E-state index is -2.48. The van der Waals surface area contributed by atoms with Gasteiger partial charge < -0.3 is 53.6 Å². The molecule has 19 nitrogen and oxygen atoms in total. The number of amides is 2. The number of cyclic esters (lactones) is 1. The monoisotopic (exact) mass is 893 g/mol. The van der Waals surface area contributed by atoms with Gasteiger partial charge in [0.05, 0.1) is 49.7 Å². The summed E-state index contributed by atoms with van der Waals surface area (Å²) in [7, 11) is 1.06. The fourth-order valence-corrected chi connectivity index (χ4v) is 11.3. The van der Waals surface area contributed by atoms with Crippen molar-refractivity contribution < 1.29 is 87.1 Å². The van der Waals surface area contributed by atoms with Crippen LogP contribution in [0.15, 0.2) is 11.1 Å². The predicted octanol–water partition coefficient (Wildman–Crippen LogP) is 2.59. The number of aliphatic hydroxyl groups excluding tert-OH is 3. The summed E-state index contributed by atoms with van der Waals surface area (Å²) in [6.45, 7) is 12.6. The molecule has 6 aliphatic rings. The second-order valence-corrected chi connectivity index (χ2v) is 20.4. The molecule has 6 rings (SSSR count). The number of ketones is 1. The molecule has 4 aliphatic carbocycles. The quantitative estimate of drug-likeness (QED) is 0.139. The highest BCUT2D eigenvalue weighted by molar-refractivity contribution is 6.03. The lowest BCUT2D eigenvalue weighted by molar-refractivity contribution is -0.347. The second-order valence-electron chi connectivity index (χ2n) is 20.4. The van der Waals surface area contributed by atoms with Crippen LogP contribution in [0.3, 0.4) is 0 Å². The maximum absolute atomic E-state index is 15.6. The number of carbonyl (C=O) groups is 7. The number of nitrogens with zero attached hydrogens (tertiary/aromatic N) is 1. The number of imide groups is 1.